The molecular formula is C21H23N3O2S. The molecule has 2 aromatic heterocycles. The van der Waals surface area contributed by atoms with Crippen molar-refractivity contribution in [3.8, 4) is 0 Å². The van der Waals surface area contributed by atoms with Crippen LogP contribution in [0.1, 0.15) is 40.8 Å². The summed E-state index contributed by atoms with van der Waals surface area (Å²) >= 11 is 1.52. The molecule has 0 saturated carbocycles. The van der Waals surface area contributed by atoms with Crippen molar-refractivity contribution in [3.05, 3.63) is 58.2 Å². The van der Waals surface area contributed by atoms with Crippen LogP contribution in [0.25, 0.3) is 10.9 Å². The minimum atomic E-state index is -0.524. The van der Waals surface area contributed by atoms with E-state index in [0.717, 1.165) is 27.9 Å². The van der Waals surface area contributed by atoms with Crippen LogP contribution in [-0.2, 0) is 6.42 Å². The van der Waals surface area contributed by atoms with E-state index in [0.29, 0.717) is 24.7 Å². The summed E-state index contributed by atoms with van der Waals surface area (Å²) < 4.78 is 0. The van der Waals surface area contributed by atoms with Crippen molar-refractivity contribution in [1.29, 1.82) is 0 Å². The molecule has 1 saturated heterocycles. The molecule has 1 aliphatic heterocycles. The summed E-state index contributed by atoms with van der Waals surface area (Å²) in [4.78, 5) is 23.4. The number of rotatable bonds is 4. The largest absolute Gasteiger partial charge is 0.391 e. The van der Waals surface area contributed by atoms with Crippen molar-refractivity contribution in [3.63, 3.8) is 0 Å². The Bertz CT molecular complexity index is 963. The van der Waals surface area contributed by atoms with Gasteiger partial charge in [-0.25, -0.2) is 4.98 Å². The van der Waals surface area contributed by atoms with Gasteiger partial charge < -0.3 is 10.0 Å². The van der Waals surface area contributed by atoms with E-state index in [1.54, 1.807) is 4.90 Å². The number of fused-ring (bicyclic) bond motifs is 1. The number of β-amino-alcohol motifs (C(OH)–C–C–N with tert-alkyl or cyclic N) is 1. The fourth-order valence-corrected chi connectivity index (χ4v) is 4.46. The Morgan fingerprint density at radius 3 is 2.89 bits per heavy atom. The zero-order chi connectivity index (χ0) is 19.0. The SMILES string of the molecule is CC(C)c1nc(C(=O)N2C[C@@H](Cc3ccnc4ccccc34)[C@H](O)C2)cs1. The lowest BCUT2D eigenvalue weighted by Gasteiger charge is -2.15. The molecule has 1 aromatic carbocycles. The van der Waals surface area contributed by atoms with Crippen LogP contribution in [0.3, 0.4) is 0 Å². The average Bonchev–Trinajstić information content (AvgIpc) is 3.29. The molecule has 0 unspecified atom stereocenters. The maximum absolute atomic E-state index is 12.8. The molecule has 140 valence electrons. The molecule has 3 aromatic rings. The Hall–Kier alpha value is -2.31. The fraction of sp³-hybridized carbons (Fsp3) is 0.381. The molecule has 6 heteroatoms. The second-order valence-electron chi connectivity index (χ2n) is 7.45. The molecule has 1 aliphatic rings. The summed E-state index contributed by atoms with van der Waals surface area (Å²) in [5.74, 6) is 0.246. The number of thiazole rings is 1. The molecule has 0 aliphatic carbocycles. The van der Waals surface area contributed by atoms with E-state index in [1.165, 1.54) is 11.3 Å². The molecule has 4 rings (SSSR count). The third kappa shape index (κ3) is 3.59. The fourth-order valence-electron chi connectivity index (χ4n) is 3.65. The summed E-state index contributed by atoms with van der Waals surface area (Å²) in [6.07, 6.45) is 2.01. The molecule has 0 spiro atoms. The first-order valence-corrected chi connectivity index (χ1v) is 10.2. The van der Waals surface area contributed by atoms with Gasteiger partial charge in [-0.05, 0) is 24.1 Å². The lowest BCUT2D eigenvalue weighted by Crippen LogP contribution is -2.29. The van der Waals surface area contributed by atoms with Crippen molar-refractivity contribution < 1.29 is 9.90 Å². The van der Waals surface area contributed by atoms with Crippen molar-refractivity contribution in [2.24, 2.45) is 5.92 Å². The normalized spacial score (nSPS) is 19.9. The Morgan fingerprint density at radius 2 is 2.11 bits per heavy atom. The number of hydrogen-bond donors (Lipinski definition) is 1. The number of nitrogens with zero attached hydrogens (tertiary/aromatic N) is 3. The van der Waals surface area contributed by atoms with Crippen molar-refractivity contribution >= 4 is 28.1 Å². The highest BCUT2D eigenvalue weighted by Crippen LogP contribution is 2.27. The highest BCUT2D eigenvalue weighted by atomic mass is 32.1. The third-order valence-corrected chi connectivity index (χ3v) is 6.30. The summed E-state index contributed by atoms with van der Waals surface area (Å²) in [6, 6.07) is 10.0. The van der Waals surface area contributed by atoms with Gasteiger partial charge in [-0.2, -0.15) is 0 Å². The number of amides is 1. The molecule has 1 fully saturated rings. The van der Waals surface area contributed by atoms with Gasteiger partial charge in [-0.1, -0.05) is 32.0 Å². The monoisotopic (exact) mass is 381 g/mol. The van der Waals surface area contributed by atoms with Crippen molar-refractivity contribution in [2.45, 2.75) is 32.3 Å². The average molecular weight is 382 g/mol. The molecule has 3 heterocycles. The predicted octanol–water partition coefficient (Wildman–Crippen LogP) is 3.49. The Kier molecular flexibility index (Phi) is 4.93. The number of hydrogen-bond acceptors (Lipinski definition) is 5. The molecular weight excluding hydrogens is 358 g/mol. The highest BCUT2D eigenvalue weighted by molar-refractivity contribution is 7.09. The van der Waals surface area contributed by atoms with Crippen LogP contribution in [0.15, 0.2) is 41.9 Å². The predicted molar refractivity (Wildman–Crippen MR) is 107 cm³/mol. The number of aliphatic hydroxyl groups excluding tert-OH is 1. The third-order valence-electron chi connectivity index (χ3n) is 5.15. The quantitative estimate of drug-likeness (QED) is 0.751. The first-order chi connectivity index (χ1) is 13.0. The maximum Gasteiger partial charge on any atom is 0.273 e. The van der Waals surface area contributed by atoms with Crippen LogP contribution in [0, 0.1) is 5.92 Å². The minimum absolute atomic E-state index is 0.0166. The van der Waals surface area contributed by atoms with Crippen LogP contribution < -0.4 is 0 Å². The van der Waals surface area contributed by atoms with Crippen molar-refractivity contribution in [2.75, 3.05) is 13.1 Å². The van der Waals surface area contributed by atoms with Gasteiger partial charge in [0.15, 0.2) is 0 Å². The summed E-state index contributed by atoms with van der Waals surface area (Å²) in [7, 11) is 0. The standard InChI is InChI=1S/C21H23N3O2S/c1-13(2)20-23-18(12-27-20)21(26)24-10-15(19(25)11-24)9-14-7-8-22-17-6-4-3-5-16(14)17/h3-8,12-13,15,19,25H,9-11H2,1-2H3/t15-,19-/m1/s1. The summed E-state index contributed by atoms with van der Waals surface area (Å²) in [5, 5.41) is 14.5. The van der Waals surface area contributed by atoms with Gasteiger partial charge in [0.1, 0.15) is 5.69 Å². The Morgan fingerprint density at radius 1 is 1.30 bits per heavy atom. The minimum Gasteiger partial charge on any atom is -0.391 e. The van der Waals surface area contributed by atoms with Gasteiger partial charge in [0.05, 0.1) is 16.6 Å². The topological polar surface area (TPSA) is 66.3 Å². The first kappa shape index (κ1) is 18.1. The molecule has 2 atom stereocenters. The van der Waals surface area contributed by atoms with Crippen LogP contribution in [0.2, 0.25) is 0 Å². The van der Waals surface area contributed by atoms with Crippen LogP contribution in [-0.4, -0.2) is 45.1 Å². The summed E-state index contributed by atoms with van der Waals surface area (Å²) in [6.45, 7) is 5.05. The van der Waals surface area contributed by atoms with E-state index >= 15 is 0 Å². The van der Waals surface area contributed by atoms with Gasteiger partial charge in [0.25, 0.3) is 5.91 Å². The van der Waals surface area contributed by atoms with Gasteiger partial charge in [-0.15, -0.1) is 11.3 Å². The van der Waals surface area contributed by atoms with Crippen LogP contribution in [0.5, 0.6) is 0 Å². The van der Waals surface area contributed by atoms with Crippen molar-refractivity contribution in [1.82, 2.24) is 14.9 Å². The van der Waals surface area contributed by atoms with E-state index in [-0.39, 0.29) is 11.8 Å². The number of aromatic nitrogens is 2. The second-order valence-corrected chi connectivity index (χ2v) is 8.34. The molecule has 0 bridgehead atoms. The number of aliphatic hydroxyl groups is 1. The van der Waals surface area contributed by atoms with E-state index in [4.69, 9.17) is 0 Å². The first-order valence-electron chi connectivity index (χ1n) is 9.28. The zero-order valence-corrected chi connectivity index (χ0v) is 16.3. The number of carbonyl (C=O) groups is 1. The highest BCUT2D eigenvalue weighted by Gasteiger charge is 2.35. The molecule has 1 amide bonds. The number of carbonyl (C=O) groups excluding carboxylic acids is 1. The lowest BCUT2D eigenvalue weighted by molar-refractivity contribution is 0.0759. The number of para-hydroxylation sites is 1. The second kappa shape index (κ2) is 7.37. The Labute approximate surface area is 162 Å². The summed E-state index contributed by atoms with van der Waals surface area (Å²) in [5.41, 5.74) is 2.61. The van der Waals surface area contributed by atoms with Crippen LogP contribution in [0.4, 0.5) is 0 Å². The Balaban J connectivity index is 1.50. The zero-order valence-electron chi connectivity index (χ0n) is 15.5. The smallest absolute Gasteiger partial charge is 0.273 e. The van der Waals surface area contributed by atoms with Gasteiger partial charge in [-0.3, -0.25) is 9.78 Å². The maximum atomic E-state index is 12.8. The number of pyridine rings is 1. The number of benzene rings is 1. The van der Waals surface area contributed by atoms with E-state index in [1.807, 2.05) is 35.8 Å². The van der Waals surface area contributed by atoms with Gasteiger partial charge >= 0.3 is 0 Å². The van der Waals surface area contributed by atoms with E-state index < -0.39 is 6.10 Å². The number of likely N-dealkylation sites (tertiary alicyclic amines) is 1. The van der Waals surface area contributed by atoms with E-state index in [9.17, 15) is 9.90 Å². The lowest BCUT2D eigenvalue weighted by atomic mass is 9.94. The van der Waals surface area contributed by atoms with E-state index in [2.05, 4.69) is 29.9 Å². The van der Waals surface area contributed by atoms with Gasteiger partial charge in [0, 0.05) is 41.9 Å². The van der Waals surface area contributed by atoms with Crippen LogP contribution >= 0.6 is 11.3 Å². The molecule has 1 N–H and O–H groups in total. The molecule has 5 nitrogen and oxygen atoms in total. The molecule has 27 heavy (non-hydrogen) atoms. The van der Waals surface area contributed by atoms with Gasteiger partial charge in [0.2, 0.25) is 0 Å². The molecule has 0 radical (unpaired) electrons.